The number of hydrogen-bond donors (Lipinski definition) is 2. The van der Waals surface area contributed by atoms with Crippen molar-refractivity contribution in [3.05, 3.63) is 86.6 Å². The highest BCUT2D eigenvalue weighted by Gasteiger charge is 2.10. The van der Waals surface area contributed by atoms with E-state index in [4.69, 9.17) is 11.6 Å². The number of carbonyl (C=O) groups excluding carboxylic acids is 1. The highest BCUT2D eigenvalue weighted by atomic mass is 35.5. The van der Waals surface area contributed by atoms with E-state index in [1.807, 2.05) is 6.07 Å². The van der Waals surface area contributed by atoms with Gasteiger partial charge >= 0.3 is 0 Å². The second-order valence-electron chi connectivity index (χ2n) is 5.88. The Labute approximate surface area is 168 Å². The third-order valence-corrected chi connectivity index (χ3v) is 5.23. The predicted octanol–water partition coefficient (Wildman–Crippen LogP) is 3.27. The van der Waals surface area contributed by atoms with Crippen LogP contribution in [0.5, 0.6) is 0 Å². The van der Waals surface area contributed by atoms with Gasteiger partial charge in [0.05, 0.1) is 21.5 Å². The molecular formula is C19H14ClN5O2S. The Kier molecular flexibility index (Phi) is 5.05. The second-order valence-corrected chi connectivity index (χ2v) is 7.59. The van der Waals surface area contributed by atoms with E-state index in [-0.39, 0.29) is 11.5 Å². The van der Waals surface area contributed by atoms with Crippen LogP contribution in [-0.2, 0) is 6.54 Å². The molecule has 0 unspecified atom stereocenters. The van der Waals surface area contributed by atoms with Gasteiger partial charge in [0.2, 0.25) is 0 Å². The Morgan fingerprint density at radius 3 is 2.82 bits per heavy atom. The van der Waals surface area contributed by atoms with E-state index in [9.17, 15) is 9.59 Å². The van der Waals surface area contributed by atoms with Gasteiger partial charge in [0, 0.05) is 29.7 Å². The zero-order valence-electron chi connectivity index (χ0n) is 14.4. The van der Waals surface area contributed by atoms with E-state index in [0.29, 0.717) is 32.8 Å². The fourth-order valence-corrected chi connectivity index (χ4v) is 3.58. The van der Waals surface area contributed by atoms with Gasteiger partial charge in [0.1, 0.15) is 12.1 Å². The average Bonchev–Trinajstić information content (AvgIpc) is 3.36. The summed E-state index contributed by atoms with van der Waals surface area (Å²) < 4.78 is 2.32. The number of nitrogens with one attached hydrogen (secondary N) is 2. The van der Waals surface area contributed by atoms with Crippen molar-refractivity contribution in [3.8, 4) is 16.9 Å². The number of carbonyl (C=O) groups is 1. The number of aromatic nitrogens is 4. The molecule has 0 bridgehead atoms. The molecule has 0 radical (unpaired) electrons. The van der Waals surface area contributed by atoms with Gasteiger partial charge < -0.3 is 10.3 Å². The summed E-state index contributed by atoms with van der Waals surface area (Å²) >= 11 is 7.08. The Balaban J connectivity index is 1.45. The molecule has 0 aliphatic rings. The molecule has 0 spiro atoms. The molecule has 0 atom stereocenters. The number of rotatable bonds is 5. The van der Waals surface area contributed by atoms with Gasteiger partial charge in [-0.3, -0.25) is 14.2 Å². The van der Waals surface area contributed by atoms with E-state index in [2.05, 4.69) is 20.3 Å². The smallest absolute Gasteiger partial charge is 0.261 e. The standard InChI is InChI=1S/C19H14ClN5O2S/c20-16-5-4-15(28-16)19(27)23-9-13-10-25(11-24-13)17-6-3-12(8-22-17)14-2-1-7-21-18(14)26/h1-8,10-11H,9H2,(H,21,26)(H,23,27). The lowest BCUT2D eigenvalue weighted by molar-refractivity contribution is 0.0954. The van der Waals surface area contributed by atoms with Crippen molar-refractivity contribution in [2.24, 2.45) is 0 Å². The summed E-state index contributed by atoms with van der Waals surface area (Å²) in [6, 6.07) is 10.5. The van der Waals surface area contributed by atoms with Gasteiger partial charge in [-0.2, -0.15) is 0 Å². The fourth-order valence-electron chi connectivity index (χ4n) is 2.62. The van der Waals surface area contributed by atoms with Gasteiger partial charge in [0.15, 0.2) is 0 Å². The fraction of sp³-hybridized carbons (Fsp3) is 0.0526. The minimum Gasteiger partial charge on any atom is -0.346 e. The molecule has 4 rings (SSSR count). The molecule has 9 heteroatoms. The Hall–Kier alpha value is -3.23. The molecule has 0 fully saturated rings. The van der Waals surface area contributed by atoms with Gasteiger partial charge in [-0.1, -0.05) is 11.6 Å². The van der Waals surface area contributed by atoms with Crippen molar-refractivity contribution in [3.63, 3.8) is 0 Å². The quantitative estimate of drug-likeness (QED) is 0.527. The normalized spacial score (nSPS) is 10.8. The largest absolute Gasteiger partial charge is 0.346 e. The number of halogens is 1. The number of thiophene rings is 1. The molecule has 7 nitrogen and oxygen atoms in total. The first-order valence-corrected chi connectivity index (χ1v) is 9.50. The molecule has 28 heavy (non-hydrogen) atoms. The highest BCUT2D eigenvalue weighted by Crippen LogP contribution is 2.21. The zero-order valence-corrected chi connectivity index (χ0v) is 16.0. The lowest BCUT2D eigenvalue weighted by atomic mass is 10.1. The van der Waals surface area contributed by atoms with Crippen LogP contribution in [0.4, 0.5) is 0 Å². The molecular weight excluding hydrogens is 398 g/mol. The molecule has 2 N–H and O–H groups in total. The summed E-state index contributed by atoms with van der Waals surface area (Å²) in [5.41, 5.74) is 1.82. The van der Waals surface area contributed by atoms with Crippen molar-refractivity contribution in [1.82, 2.24) is 24.8 Å². The molecule has 4 aromatic heterocycles. The first-order valence-electron chi connectivity index (χ1n) is 8.31. The van der Waals surface area contributed by atoms with Crippen LogP contribution < -0.4 is 10.9 Å². The van der Waals surface area contributed by atoms with E-state index in [1.54, 1.807) is 59.8 Å². The predicted molar refractivity (Wildman–Crippen MR) is 108 cm³/mol. The SMILES string of the molecule is O=C(NCc1cn(-c2ccc(-c3ccc[nH]c3=O)cn2)cn1)c1ccc(Cl)s1. The van der Waals surface area contributed by atoms with Gasteiger partial charge in [-0.25, -0.2) is 9.97 Å². The molecule has 0 aromatic carbocycles. The number of hydrogen-bond acceptors (Lipinski definition) is 5. The third-order valence-electron chi connectivity index (χ3n) is 4.00. The monoisotopic (exact) mass is 411 g/mol. The van der Waals surface area contributed by atoms with Crippen LogP contribution in [0.25, 0.3) is 16.9 Å². The van der Waals surface area contributed by atoms with Crippen molar-refractivity contribution in [2.75, 3.05) is 0 Å². The van der Waals surface area contributed by atoms with Crippen LogP contribution in [0.2, 0.25) is 4.34 Å². The number of imidazole rings is 1. The van der Waals surface area contributed by atoms with Gasteiger partial charge in [0.25, 0.3) is 11.5 Å². The van der Waals surface area contributed by atoms with Crippen LogP contribution in [-0.4, -0.2) is 25.4 Å². The number of aromatic amines is 1. The zero-order chi connectivity index (χ0) is 19.5. The van der Waals surface area contributed by atoms with E-state index < -0.39 is 0 Å². The molecule has 140 valence electrons. The van der Waals surface area contributed by atoms with Crippen LogP contribution in [0.15, 0.2) is 66.1 Å². The maximum atomic E-state index is 12.1. The summed E-state index contributed by atoms with van der Waals surface area (Å²) in [5.74, 6) is 0.466. The topological polar surface area (TPSA) is 92.7 Å². The number of nitrogens with zero attached hydrogens (tertiary/aromatic N) is 3. The van der Waals surface area contributed by atoms with Crippen LogP contribution in [0, 0.1) is 0 Å². The Morgan fingerprint density at radius 2 is 2.11 bits per heavy atom. The van der Waals surface area contributed by atoms with E-state index in [1.165, 1.54) is 11.3 Å². The van der Waals surface area contributed by atoms with E-state index >= 15 is 0 Å². The second kappa shape index (κ2) is 7.79. The first-order chi connectivity index (χ1) is 13.6. The van der Waals surface area contributed by atoms with Crippen LogP contribution in [0.1, 0.15) is 15.4 Å². The molecule has 0 aliphatic heterocycles. The number of pyridine rings is 2. The summed E-state index contributed by atoms with van der Waals surface area (Å²) in [7, 11) is 0. The van der Waals surface area contributed by atoms with Crippen molar-refractivity contribution in [1.29, 1.82) is 0 Å². The molecule has 0 aliphatic carbocycles. The Bertz CT molecular complexity index is 1180. The van der Waals surface area contributed by atoms with E-state index in [0.717, 1.165) is 5.56 Å². The lowest BCUT2D eigenvalue weighted by Gasteiger charge is -2.03. The number of H-pyrrole nitrogens is 1. The minimum atomic E-state index is -0.193. The molecule has 0 saturated carbocycles. The third kappa shape index (κ3) is 3.88. The van der Waals surface area contributed by atoms with Crippen molar-refractivity contribution in [2.45, 2.75) is 6.54 Å². The Morgan fingerprint density at radius 1 is 1.21 bits per heavy atom. The minimum absolute atomic E-state index is 0.162. The molecule has 0 saturated heterocycles. The van der Waals surface area contributed by atoms with Crippen molar-refractivity contribution < 1.29 is 4.79 Å². The van der Waals surface area contributed by atoms with Gasteiger partial charge in [-0.05, 0) is 36.4 Å². The molecule has 4 aromatic rings. The van der Waals surface area contributed by atoms with Crippen LogP contribution >= 0.6 is 22.9 Å². The summed E-state index contributed by atoms with van der Waals surface area (Å²) in [4.78, 5) is 35.8. The first kappa shape index (κ1) is 18.1. The summed E-state index contributed by atoms with van der Waals surface area (Å²) in [5, 5.41) is 2.81. The summed E-state index contributed by atoms with van der Waals surface area (Å²) in [6.07, 6.45) is 6.65. The number of amides is 1. The highest BCUT2D eigenvalue weighted by molar-refractivity contribution is 7.17. The van der Waals surface area contributed by atoms with Crippen molar-refractivity contribution >= 4 is 28.8 Å². The van der Waals surface area contributed by atoms with Crippen LogP contribution in [0.3, 0.4) is 0 Å². The van der Waals surface area contributed by atoms with Gasteiger partial charge in [-0.15, -0.1) is 11.3 Å². The maximum Gasteiger partial charge on any atom is 0.261 e. The summed E-state index contributed by atoms with van der Waals surface area (Å²) in [6.45, 7) is 0.291. The molecule has 4 heterocycles. The molecule has 1 amide bonds. The lowest BCUT2D eigenvalue weighted by Crippen LogP contribution is -2.21. The average molecular weight is 412 g/mol. The maximum absolute atomic E-state index is 12.1.